The summed E-state index contributed by atoms with van der Waals surface area (Å²) in [6.07, 6.45) is 5.95. The Bertz CT molecular complexity index is 296. The molecule has 0 bridgehead atoms. The van der Waals surface area contributed by atoms with Crippen molar-refractivity contribution < 1.29 is 14.7 Å². The van der Waals surface area contributed by atoms with Crippen molar-refractivity contribution in [2.75, 3.05) is 6.54 Å². The lowest BCUT2D eigenvalue weighted by Crippen LogP contribution is -2.34. The van der Waals surface area contributed by atoms with Gasteiger partial charge < -0.3 is 15.7 Å². The maximum absolute atomic E-state index is 11.5. The van der Waals surface area contributed by atoms with E-state index in [2.05, 4.69) is 16.6 Å². The fourth-order valence-corrected chi connectivity index (χ4v) is 1.81. The lowest BCUT2D eigenvalue weighted by atomic mass is 10.1. The maximum Gasteiger partial charge on any atom is 0.404 e. The molecule has 0 aliphatic heterocycles. The van der Waals surface area contributed by atoms with Gasteiger partial charge in [-0.15, -0.1) is 6.42 Å². The highest BCUT2D eigenvalue weighted by Crippen LogP contribution is 2.25. The van der Waals surface area contributed by atoms with Gasteiger partial charge in [-0.2, -0.15) is 0 Å². The van der Waals surface area contributed by atoms with Crippen LogP contribution < -0.4 is 10.6 Å². The molecule has 2 atom stereocenters. The molecule has 2 amide bonds. The van der Waals surface area contributed by atoms with Crippen molar-refractivity contribution in [2.45, 2.75) is 25.3 Å². The van der Waals surface area contributed by atoms with Crippen LogP contribution in [0.3, 0.4) is 0 Å². The Morgan fingerprint density at radius 1 is 1.47 bits per heavy atom. The van der Waals surface area contributed by atoms with Crippen LogP contribution in [-0.2, 0) is 4.79 Å². The van der Waals surface area contributed by atoms with Gasteiger partial charge in [0.2, 0.25) is 5.91 Å². The minimum absolute atomic E-state index is 0.0809. The van der Waals surface area contributed by atoms with Crippen LogP contribution in [0, 0.1) is 18.3 Å². The molecule has 0 aromatic carbocycles. The van der Waals surface area contributed by atoms with Gasteiger partial charge in [-0.05, 0) is 19.3 Å². The fraction of sp³-hybridized carbons (Fsp3) is 0.600. The summed E-state index contributed by atoms with van der Waals surface area (Å²) in [5.74, 6) is 2.13. The van der Waals surface area contributed by atoms with Gasteiger partial charge in [-0.1, -0.05) is 5.92 Å². The van der Waals surface area contributed by atoms with Crippen LogP contribution in [0.2, 0.25) is 0 Å². The van der Waals surface area contributed by atoms with E-state index in [9.17, 15) is 9.59 Å². The number of rotatable bonds is 3. The minimum atomic E-state index is -1.04. The van der Waals surface area contributed by atoms with Crippen LogP contribution in [0.1, 0.15) is 19.3 Å². The first kappa shape index (κ1) is 11.4. The summed E-state index contributed by atoms with van der Waals surface area (Å²) in [6.45, 7) is 0.229. The summed E-state index contributed by atoms with van der Waals surface area (Å²) in [5.41, 5.74) is 0. The summed E-state index contributed by atoms with van der Waals surface area (Å²) in [7, 11) is 0. The molecule has 15 heavy (non-hydrogen) atoms. The quantitative estimate of drug-likeness (QED) is 0.581. The highest BCUT2D eigenvalue weighted by Gasteiger charge is 2.30. The van der Waals surface area contributed by atoms with Crippen LogP contribution in [0.5, 0.6) is 0 Å². The average Bonchev–Trinajstić information content (AvgIpc) is 2.61. The van der Waals surface area contributed by atoms with Crippen molar-refractivity contribution in [2.24, 2.45) is 5.92 Å². The predicted octanol–water partition coefficient (Wildman–Crippen LogP) is 0.172. The molecule has 1 fully saturated rings. The molecule has 0 aromatic heterocycles. The second kappa shape index (κ2) is 5.25. The van der Waals surface area contributed by atoms with E-state index >= 15 is 0 Å². The maximum atomic E-state index is 11.5. The molecule has 1 rings (SSSR count). The van der Waals surface area contributed by atoms with Gasteiger partial charge in [0.05, 0.1) is 6.54 Å². The Morgan fingerprint density at radius 2 is 2.20 bits per heavy atom. The first-order valence-corrected chi connectivity index (χ1v) is 4.84. The summed E-state index contributed by atoms with van der Waals surface area (Å²) in [5, 5.41) is 13.5. The topological polar surface area (TPSA) is 78.4 Å². The number of carbonyl (C=O) groups is 2. The molecular formula is C10H14N2O3. The Hall–Kier alpha value is -1.70. The molecule has 0 saturated heterocycles. The molecule has 0 unspecified atom stereocenters. The molecule has 1 aliphatic carbocycles. The molecule has 1 saturated carbocycles. The van der Waals surface area contributed by atoms with E-state index in [0.717, 1.165) is 0 Å². The van der Waals surface area contributed by atoms with E-state index in [4.69, 9.17) is 11.5 Å². The van der Waals surface area contributed by atoms with Gasteiger partial charge in [-0.3, -0.25) is 4.79 Å². The lowest BCUT2D eigenvalue weighted by Gasteiger charge is -2.10. The van der Waals surface area contributed by atoms with Crippen molar-refractivity contribution in [1.82, 2.24) is 10.6 Å². The summed E-state index contributed by atoms with van der Waals surface area (Å²) in [4.78, 5) is 21.8. The molecule has 0 radical (unpaired) electrons. The average molecular weight is 210 g/mol. The Morgan fingerprint density at radius 3 is 2.80 bits per heavy atom. The second-order valence-corrected chi connectivity index (χ2v) is 3.58. The SMILES string of the molecule is C#CCNC(=O)[C@H]1CC[C@@H](NC(=O)O)C1. The number of amides is 2. The summed E-state index contributed by atoms with van der Waals surface area (Å²) < 4.78 is 0. The predicted molar refractivity (Wildman–Crippen MR) is 54.1 cm³/mol. The summed E-state index contributed by atoms with van der Waals surface area (Å²) >= 11 is 0. The van der Waals surface area contributed by atoms with E-state index in [0.29, 0.717) is 19.3 Å². The Kier molecular flexibility index (Phi) is 3.98. The number of carboxylic acid groups (broad SMARTS) is 1. The third kappa shape index (κ3) is 3.50. The molecule has 0 spiro atoms. The zero-order valence-corrected chi connectivity index (χ0v) is 8.32. The van der Waals surface area contributed by atoms with E-state index in [1.54, 1.807) is 0 Å². The van der Waals surface area contributed by atoms with E-state index in [1.807, 2.05) is 0 Å². The molecule has 82 valence electrons. The molecule has 0 aromatic rings. The Labute approximate surface area is 88.2 Å². The first-order valence-electron chi connectivity index (χ1n) is 4.84. The smallest absolute Gasteiger partial charge is 0.404 e. The van der Waals surface area contributed by atoms with Crippen molar-refractivity contribution in [3.63, 3.8) is 0 Å². The van der Waals surface area contributed by atoms with Gasteiger partial charge in [0.15, 0.2) is 0 Å². The Balaban J connectivity index is 2.32. The van der Waals surface area contributed by atoms with Gasteiger partial charge in [0.25, 0.3) is 0 Å². The van der Waals surface area contributed by atoms with E-state index < -0.39 is 6.09 Å². The molecule has 0 heterocycles. The van der Waals surface area contributed by atoms with Crippen molar-refractivity contribution in [3.8, 4) is 12.3 Å². The van der Waals surface area contributed by atoms with Gasteiger partial charge in [0, 0.05) is 12.0 Å². The monoisotopic (exact) mass is 210 g/mol. The first-order chi connectivity index (χ1) is 7.13. The van der Waals surface area contributed by atoms with Crippen molar-refractivity contribution in [1.29, 1.82) is 0 Å². The van der Waals surface area contributed by atoms with Gasteiger partial charge in [-0.25, -0.2) is 4.79 Å². The number of hydrogen-bond acceptors (Lipinski definition) is 2. The van der Waals surface area contributed by atoms with Crippen LogP contribution >= 0.6 is 0 Å². The molecule has 5 nitrogen and oxygen atoms in total. The van der Waals surface area contributed by atoms with Crippen molar-refractivity contribution in [3.05, 3.63) is 0 Å². The second-order valence-electron chi connectivity index (χ2n) is 3.58. The third-order valence-electron chi connectivity index (χ3n) is 2.50. The molecule has 1 aliphatic rings. The molecular weight excluding hydrogens is 196 g/mol. The highest BCUT2D eigenvalue weighted by molar-refractivity contribution is 5.79. The lowest BCUT2D eigenvalue weighted by molar-refractivity contribution is -0.124. The molecule has 5 heteroatoms. The summed E-state index contributed by atoms with van der Waals surface area (Å²) in [6, 6.07) is -0.107. The minimum Gasteiger partial charge on any atom is -0.465 e. The molecule has 3 N–H and O–H groups in total. The third-order valence-corrected chi connectivity index (χ3v) is 2.50. The van der Waals surface area contributed by atoms with Gasteiger partial charge >= 0.3 is 6.09 Å². The zero-order chi connectivity index (χ0) is 11.3. The van der Waals surface area contributed by atoms with Crippen LogP contribution in [-0.4, -0.2) is 29.7 Å². The van der Waals surface area contributed by atoms with Crippen LogP contribution in [0.15, 0.2) is 0 Å². The number of hydrogen-bond donors (Lipinski definition) is 3. The number of nitrogens with one attached hydrogen (secondary N) is 2. The van der Waals surface area contributed by atoms with Crippen molar-refractivity contribution >= 4 is 12.0 Å². The van der Waals surface area contributed by atoms with Gasteiger partial charge in [0.1, 0.15) is 0 Å². The van der Waals surface area contributed by atoms with E-state index in [-0.39, 0.29) is 24.4 Å². The van der Waals surface area contributed by atoms with E-state index in [1.165, 1.54) is 0 Å². The highest BCUT2D eigenvalue weighted by atomic mass is 16.4. The van der Waals surface area contributed by atoms with Crippen LogP contribution in [0.4, 0.5) is 4.79 Å². The number of terminal acetylenes is 1. The largest absolute Gasteiger partial charge is 0.465 e. The standard InChI is InChI=1S/C10H14N2O3/c1-2-5-11-9(13)7-3-4-8(6-7)12-10(14)15/h1,7-8,12H,3-6H2,(H,11,13)(H,14,15)/t7-,8+/m0/s1. The number of carbonyl (C=O) groups excluding carboxylic acids is 1. The zero-order valence-electron chi connectivity index (χ0n) is 8.32. The normalized spacial score (nSPS) is 24.2. The fourth-order valence-electron chi connectivity index (χ4n) is 1.81. The van der Waals surface area contributed by atoms with Crippen LogP contribution in [0.25, 0.3) is 0 Å².